The maximum Gasteiger partial charge on any atom is 0.305 e. The van der Waals surface area contributed by atoms with Gasteiger partial charge in [-0.2, -0.15) is 0 Å². The molecule has 104 valence electrons. The third-order valence-corrected chi connectivity index (χ3v) is 3.33. The Kier molecular flexibility index (Phi) is 4.57. The second kappa shape index (κ2) is 6.38. The number of carboxylic acid groups (broad SMARTS) is 1. The lowest BCUT2D eigenvalue weighted by atomic mass is 10.0. The van der Waals surface area contributed by atoms with Crippen molar-refractivity contribution in [1.82, 2.24) is 5.32 Å². The first kappa shape index (κ1) is 14.3. The quantitative estimate of drug-likeness (QED) is 0.878. The van der Waals surface area contributed by atoms with E-state index in [1.807, 2.05) is 6.07 Å². The third-order valence-electron chi connectivity index (χ3n) is 2.71. The predicted molar refractivity (Wildman–Crippen MR) is 75.3 cm³/mol. The second-order valence-electron chi connectivity index (χ2n) is 4.13. The van der Waals surface area contributed by atoms with Crippen molar-refractivity contribution in [2.45, 2.75) is 12.5 Å². The van der Waals surface area contributed by atoms with Crippen molar-refractivity contribution in [1.29, 1.82) is 0 Å². The number of carbonyl (C=O) groups is 2. The summed E-state index contributed by atoms with van der Waals surface area (Å²) < 4.78 is 5.59. The molecular weight excluding hydrogens is 326 g/mol. The molecule has 5 nitrogen and oxygen atoms in total. The fraction of sp³-hybridized carbons (Fsp3) is 0.143. The molecule has 1 aromatic carbocycles. The Labute approximate surface area is 123 Å². The summed E-state index contributed by atoms with van der Waals surface area (Å²) in [5, 5.41) is 11.6. The van der Waals surface area contributed by atoms with E-state index in [0.717, 1.165) is 5.56 Å². The molecule has 1 amide bonds. The highest BCUT2D eigenvalue weighted by molar-refractivity contribution is 9.10. The fourth-order valence-electron chi connectivity index (χ4n) is 1.79. The average Bonchev–Trinajstić information content (AvgIpc) is 2.85. The molecule has 0 saturated heterocycles. The topological polar surface area (TPSA) is 79.5 Å². The molecule has 6 heteroatoms. The SMILES string of the molecule is O=C(O)CC(NC(=O)c1occc1Br)c1ccccc1. The molecule has 1 atom stereocenters. The summed E-state index contributed by atoms with van der Waals surface area (Å²) in [6.07, 6.45) is 1.18. The molecule has 1 aromatic heterocycles. The Morgan fingerprint density at radius 1 is 1.25 bits per heavy atom. The van der Waals surface area contributed by atoms with Crippen LogP contribution in [0.3, 0.4) is 0 Å². The molecule has 0 spiro atoms. The molecule has 0 aliphatic carbocycles. The van der Waals surface area contributed by atoms with Gasteiger partial charge in [0.1, 0.15) is 0 Å². The second-order valence-corrected chi connectivity index (χ2v) is 4.99. The molecule has 2 aromatic rings. The molecule has 1 heterocycles. The highest BCUT2D eigenvalue weighted by Crippen LogP contribution is 2.21. The van der Waals surface area contributed by atoms with Gasteiger partial charge in [-0.05, 0) is 27.6 Å². The van der Waals surface area contributed by atoms with Crippen molar-refractivity contribution in [3.05, 3.63) is 58.5 Å². The van der Waals surface area contributed by atoms with E-state index < -0.39 is 17.9 Å². The first-order chi connectivity index (χ1) is 9.58. The fourth-order valence-corrected chi connectivity index (χ4v) is 2.17. The Hall–Kier alpha value is -2.08. The van der Waals surface area contributed by atoms with E-state index in [1.54, 1.807) is 30.3 Å². The zero-order valence-corrected chi connectivity index (χ0v) is 12.0. The summed E-state index contributed by atoms with van der Waals surface area (Å²) >= 11 is 3.19. The summed E-state index contributed by atoms with van der Waals surface area (Å²) in [6.45, 7) is 0. The van der Waals surface area contributed by atoms with Crippen LogP contribution in [0, 0.1) is 0 Å². The summed E-state index contributed by atoms with van der Waals surface area (Å²) in [6, 6.07) is 9.93. The zero-order valence-electron chi connectivity index (χ0n) is 10.4. The number of aliphatic carboxylic acids is 1. The number of furan rings is 1. The van der Waals surface area contributed by atoms with E-state index in [1.165, 1.54) is 6.26 Å². The number of rotatable bonds is 5. The van der Waals surface area contributed by atoms with Crippen molar-refractivity contribution >= 4 is 27.8 Å². The lowest BCUT2D eigenvalue weighted by Gasteiger charge is -2.16. The molecular formula is C14H12BrNO4. The Morgan fingerprint density at radius 2 is 1.95 bits per heavy atom. The molecule has 0 aliphatic rings. The van der Waals surface area contributed by atoms with Crippen molar-refractivity contribution in [3.63, 3.8) is 0 Å². The molecule has 2 N–H and O–H groups in total. The lowest BCUT2D eigenvalue weighted by Crippen LogP contribution is -2.30. The van der Waals surface area contributed by atoms with Crippen molar-refractivity contribution < 1.29 is 19.1 Å². The minimum atomic E-state index is -0.988. The minimum Gasteiger partial charge on any atom is -0.481 e. The number of nitrogens with one attached hydrogen (secondary N) is 1. The smallest absolute Gasteiger partial charge is 0.305 e. The number of amides is 1. The molecule has 20 heavy (non-hydrogen) atoms. The van der Waals surface area contributed by atoms with Gasteiger partial charge < -0.3 is 14.8 Å². The van der Waals surface area contributed by atoms with Crippen LogP contribution in [0.2, 0.25) is 0 Å². The summed E-state index contributed by atoms with van der Waals surface area (Å²) in [7, 11) is 0. The van der Waals surface area contributed by atoms with Crippen molar-refractivity contribution in [3.8, 4) is 0 Å². The Bertz CT molecular complexity index is 609. The van der Waals surface area contributed by atoms with Gasteiger partial charge in [0.05, 0.1) is 23.2 Å². The Morgan fingerprint density at radius 3 is 2.50 bits per heavy atom. The zero-order chi connectivity index (χ0) is 14.5. The van der Waals surface area contributed by atoms with Crippen LogP contribution in [0.25, 0.3) is 0 Å². The van der Waals surface area contributed by atoms with Crippen LogP contribution < -0.4 is 5.32 Å². The van der Waals surface area contributed by atoms with Gasteiger partial charge in [0.2, 0.25) is 5.76 Å². The van der Waals surface area contributed by atoms with E-state index in [0.29, 0.717) is 4.47 Å². The molecule has 0 aliphatic heterocycles. The number of hydrogen-bond donors (Lipinski definition) is 2. The first-order valence-electron chi connectivity index (χ1n) is 5.88. The monoisotopic (exact) mass is 337 g/mol. The van der Waals surface area contributed by atoms with Crippen LogP contribution in [0.1, 0.15) is 28.6 Å². The highest BCUT2D eigenvalue weighted by Gasteiger charge is 2.21. The summed E-state index contributed by atoms with van der Waals surface area (Å²) in [5.74, 6) is -1.33. The van der Waals surface area contributed by atoms with Gasteiger partial charge >= 0.3 is 5.97 Å². The van der Waals surface area contributed by atoms with Gasteiger partial charge in [-0.25, -0.2) is 0 Å². The highest BCUT2D eigenvalue weighted by atomic mass is 79.9. The summed E-state index contributed by atoms with van der Waals surface area (Å²) in [4.78, 5) is 23.0. The van der Waals surface area contributed by atoms with E-state index in [-0.39, 0.29) is 12.2 Å². The van der Waals surface area contributed by atoms with E-state index in [2.05, 4.69) is 21.2 Å². The molecule has 0 fully saturated rings. The maximum atomic E-state index is 12.1. The van der Waals surface area contributed by atoms with Crippen LogP contribution in [0.4, 0.5) is 0 Å². The lowest BCUT2D eigenvalue weighted by molar-refractivity contribution is -0.137. The van der Waals surface area contributed by atoms with Crippen molar-refractivity contribution in [2.75, 3.05) is 0 Å². The molecule has 1 unspecified atom stereocenters. The van der Waals surface area contributed by atoms with Gasteiger partial charge in [0.25, 0.3) is 5.91 Å². The number of benzene rings is 1. The van der Waals surface area contributed by atoms with Gasteiger partial charge in [0, 0.05) is 0 Å². The molecule has 2 rings (SSSR count). The predicted octanol–water partition coefficient (Wildman–Crippen LogP) is 2.99. The van der Waals surface area contributed by atoms with Crippen LogP contribution in [-0.4, -0.2) is 17.0 Å². The van der Waals surface area contributed by atoms with E-state index >= 15 is 0 Å². The van der Waals surface area contributed by atoms with Crippen molar-refractivity contribution in [2.24, 2.45) is 0 Å². The van der Waals surface area contributed by atoms with E-state index in [9.17, 15) is 9.59 Å². The number of halogens is 1. The number of carboxylic acids is 1. The van der Waals surface area contributed by atoms with Crippen LogP contribution in [0.15, 0.2) is 51.6 Å². The maximum absolute atomic E-state index is 12.1. The number of hydrogen-bond acceptors (Lipinski definition) is 3. The molecule has 0 bridgehead atoms. The van der Waals surface area contributed by atoms with Gasteiger partial charge in [-0.1, -0.05) is 30.3 Å². The van der Waals surface area contributed by atoms with E-state index in [4.69, 9.17) is 9.52 Å². The molecule has 0 radical (unpaired) electrons. The summed E-state index contributed by atoms with van der Waals surface area (Å²) in [5.41, 5.74) is 0.728. The van der Waals surface area contributed by atoms with Gasteiger partial charge in [-0.3, -0.25) is 9.59 Å². The average molecular weight is 338 g/mol. The van der Waals surface area contributed by atoms with Crippen LogP contribution in [0.5, 0.6) is 0 Å². The van der Waals surface area contributed by atoms with Crippen LogP contribution in [-0.2, 0) is 4.79 Å². The third kappa shape index (κ3) is 3.48. The molecule has 0 saturated carbocycles. The minimum absolute atomic E-state index is 0.122. The standard InChI is InChI=1S/C14H12BrNO4/c15-10-6-7-20-13(10)14(19)16-11(8-12(17)18)9-4-2-1-3-5-9/h1-7,11H,8H2,(H,16,19)(H,17,18). The number of carbonyl (C=O) groups excluding carboxylic acids is 1. The first-order valence-corrected chi connectivity index (χ1v) is 6.68. The largest absolute Gasteiger partial charge is 0.481 e. The normalized spacial score (nSPS) is 11.8. The van der Waals surface area contributed by atoms with Crippen LogP contribution >= 0.6 is 15.9 Å². The van der Waals surface area contributed by atoms with Gasteiger partial charge in [0.15, 0.2) is 0 Å². The van der Waals surface area contributed by atoms with Gasteiger partial charge in [-0.15, -0.1) is 0 Å². The Balaban J connectivity index is 2.18.